The van der Waals surface area contributed by atoms with Gasteiger partial charge in [-0.05, 0) is 12.1 Å². The Balaban J connectivity index is 2.54. The fraction of sp³-hybridized carbons (Fsp3) is 0.455. The van der Waals surface area contributed by atoms with Crippen molar-refractivity contribution >= 4 is 0 Å². The van der Waals surface area contributed by atoms with E-state index < -0.39 is 0 Å². The number of nitrogens with two attached hydrogens (primary N) is 1. The molecule has 3 nitrogen and oxygen atoms in total. The minimum absolute atomic E-state index is 0.133. The molecule has 3 heteroatoms. The Bertz CT molecular complexity index is 360. The van der Waals surface area contributed by atoms with Crippen LogP contribution in [0.15, 0.2) is 18.2 Å². The average Bonchev–Trinajstić information content (AvgIpc) is 2.12. The number of hydrogen-bond acceptors (Lipinski definition) is 3. The van der Waals surface area contributed by atoms with Crippen molar-refractivity contribution in [2.24, 2.45) is 11.1 Å². The Morgan fingerprint density at radius 2 is 2.21 bits per heavy atom. The Kier molecular flexibility index (Phi) is 1.93. The van der Waals surface area contributed by atoms with Crippen LogP contribution in [0.2, 0.25) is 0 Å². The lowest BCUT2D eigenvalue weighted by Gasteiger charge is -2.37. The van der Waals surface area contributed by atoms with Gasteiger partial charge in [-0.3, -0.25) is 0 Å². The second-order valence-electron chi connectivity index (χ2n) is 4.44. The van der Waals surface area contributed by atoms with Gasteiger partial charge in [-0.15, -0.1) is 0 Å². The van der Waals surface area contributed by atoms with E-state index in [4.69, 9.17) is 10.5 Å². The smallest absolute Gasteiger partial charge is 0.127 e. The molecule has 1 aromatic carbocycles. The van der Waals surface area contributed by atoms with E-state index in [0.29, 0.717) is 12.4 Å². The van der Waals surface area contributed by atoms with Crippen molar-refractivity contribution in [1.29, 1.82) is 0 Å². The maximum absolute atomic E-state index is 9.70. The normalized spacial score (nSPS) is 23.8. The van der Waals surface area contributed by atoms with Crippen LogP contribution in [0.5, 0.6) is 11.5 Å². The third-order valence-electron chi connectivity index (χ3n) is 2.80. The van der Waals surface area contributed by atoms with Crippen molar-refractivity contribution in [2.45, 2.75) is 19.9 Å². The van der Waals surface area contributed by atoms with Gasteiger partial charge in [0.1, 0.15) is 11.5 Å². The molecule has 0 radical (unpaired) electrons. The Hall–Kier alpha value is -1.22. The van der Waals surface area contributed by atoms with Crippen LogP contribution in [-0.2, 0) is 0 Å². The average molecular weight is 193 g/mol. The topological polar surface area (TPSA) is 55.5 Å². The first kappa shape index (κ1) is 9.34. The molecule has 1 aliphatic rings. The number of fused-ring (bicyclic) bond motifs is 1. The molecule has 0 amide bonds. The zero-order valence-corrected chi connectivity index (χ0v) is 8.45. The molecule has 0 fully saturated rings. The first-order chi connectivity index (χ1) is 6.52. The van der Waals surface area contributed by atoms with Gasteiger partial charge in [-0.1, -0.05) is 19.9 Å². The van der Waals surface area contributed by atoms with E-state index in [0.717, 1.165) is 5.56 Å². The number of benzene rings is 1. The lowest BCUT2D eigenvalue weighted by Crippen LogP contribution is -2.38. The van der Waals surface area contributed by atoms with Gasteiger partial charge in [0.2, 0.25) is 0 Å². The zero-order valence-electron chi connectivity index (χ0n) is 8.45. The van der Waals surface area contributed by atoms with Gasteiger partial charge in [0.15, 0.2) is 0 Å². The lowest BCUT2D eigenvalue weighted by molar-refractivity contribution is 0.120. The summed E-state index contributed by atoms with van der Waals surface area (Å²) >= 11 is 0. The third kappa shape index (κ3) is 1.24. The molecule has 0 saturated heterocycles. The number of ether oxygens (including phenoxy) is 1. The Morgan fingerprint density at radius 3 is 2.93 bits per heavy atom. The van der Waals surface area contributed by atoms with Gasteiger partial charge in [-0.25, -0.2) is 0 Å². The summed E-state index contributed by atoms with van der Waals surface area (Å²) in [4.78, 5) is 0. The summed E-state index contributed by atoms with van der Waals surface area (Å²) in [5.74, 6) is 0.930. The molecule has 2 rings (SSSR count). The SMILES string of the molecule is CC1(C)COc2cccc(O)c2C1N. The second kappa shape index (κ2) is 2.89. The summed E-state index contributed by atoms with van der Waals surface area (Å²) in [5, 5.41) is 9.70. The van der Waals surface area contributed by atoms with Gasteiger partial charge in [0.05, 0.1) is 12.2 Å². The van der Waals surface area contributed by atoms with Gasteiger partial charge >= 0.3 is 0 Å². The van der Waals surface area contributed by atoms with Crippen molar-refractivity contribution in [3.63, 3.8) is 0 Å². The quantitative estimate of drug-likeness (QED) is 0.660. The molecule has 3 N–H and O–H groups in total. The summed E-state index contributed by atoms with van der Waals surface area (Å²) in [6.07, 6.45) is 0. The molecular weight excluding hydrogens is 178 g/mol. The fourth-order valence-corrected chi connectivity index (χ4v) is 1.72. The summed E-state index contributed by atoms with van der Waals surface area (Å²) < 4.78 is 5.55. The van der Waals surface area contributed by atoms with Gasteiger partial charge in [0, 0.05) is 11.5 Å². The molecule has 0 bridgehead atoms. The number of rotatable bonds is 0. The van der Waals surface area contributed by atoms with Crippen molar-refractivity contribution in [3.05, 3.63) is 23.8 Å². The summed E-state index contributed by atoms with van der Waals surface area (Å²) in [6.45, 7) is 4.66. The van der Waals surface area contributed by atoms with Crippen LogP contribution in [0.1, 0.15) is 25.5 Å². The minimum Gasteiger partial charge on any atom is -0.507 e. The van der Waals surface area contributed by atoms with E-state index in [1.54, 1.807) is 12.1 Å². The summed E-state index contributed by atoms with van der Waals surface area (Å²) in [5.41, 5.74) is 6.68. The van der Waals surface area contributed by atoms with Gasteiger partial charge in [0.25, 0.3) is 0 Å². The molecular formula is C11H15NO2. The summed E-state index contributed by atoms with van der Waals surface area (Å²) in [7, 11) is 0. The molecule has 14 heavy (non-hydrogen) atoms. The Morgan fingerprint density at radius 1 is 1.50 bits per heavy atom. The number of phenolic OH excluding ortho intramolecular Hbond substituents is 1. The van der Waals surface area contributed by atoms with E-state index in [9.17, 15) is 5.11 Å². The van der Waals surface area contributed by atoms with Crippen LogP contribution in [0.25, 0.3) is 0 Å². The monoisotopic (exact) mass is 193 g/mol. The van der Waals surface area contributed by atoms with Crippen LogP contribution in [0, 0.1) is 5.41 Å². The molecule has 1 heterocycles. The van der Waals surface area contributed by atoms with Crippen LogP contribution >= 0.6 is 0 Å². The van der Waals surface area contributed by atoms with Gasteiger partial charge in [-0.2, -0.15) is 0 Å². The molecule has 0 saturated carbocycles. The molecule has 1 aromatic rings. The number of hydrogen-bond donors (Lipinski definition) is 2. The van der Waals surface area contributed by atoms with E-state index in [2.05, 4.69) is 0 Å². The van der Waals surface area contributed by atoms with Crippen molar-refractivity contribution in [3.8, 4) is 11.5 Å². The fourth-order valence-electron chi connectivity index (χ4n) is 1.72. The molecule has 1 unspecified atom stereocenters. The maximum atomic E-state index is 9.70. The number of aromatic hydroxyl groups is 1. The van der Waals surface area contributed by atoms with Crippen LogP contribution < -0.4 is 10.5 Å². The Labute approximate surface area is 83.5 Å². The van der Waals surface area contributed by atoms with Crippen molar-refractivity contribution in [1.82, 2.24) is 0 Å². The first-order valence-corrected chi connectivity index (χ1v) is 4.72. The highest BCUT2D eigenvalue weighted by Gasteiger charge is 2.36. The standard InChI is InChI=1S/C11H15NO2/c1-11(2)6-14-8-5-3-4-7(13)9(8)10(11)12/h3-5,10,13H,6,12H2,1-2H3. The minimum atomic E-state index is -0.174. The van der Waals surface area contributed by atoms with Crippen LogP contribution in [-0.4, -0.2) is 11.7 Å². The third-order valence-corrected chi connectivity index (χ3v) is 2.80. The van der Waals surface area contributed by atoms with Crippen LogP contribution in [0.4, 0.5) is 0 Å². The molecule has 1 aliphatic heterocycles. The van der Waals surface area contributed by atoms with Crippen molar-refractivity contribution < 1.29 is 9.84 Å². The van der Waals surface area contributed by atoms with E-state index in [1.165, 1.54) is 0 Å². The largest absolute Gasteiger partial charge is 0.507 e. The second-order valence-corrected chi connectivity index (χ2v) is 4.44. The molecule has 0 aliphatic carbocycles. The summed E-state index contributed by atoms with van der Waals surface area (Å²) in [6, 6.07) is 5.07. The predicted octanol–water partition coefficient (Wildman–Crippen LogP) is 1.81. The highest BCUT2D eigenvalue weighted by atomic mass is 16.5. The molecule has 0 aromatic heterocycles. The van der Waals surface area contributed by atoms with Gasteiger partial charge < -0.3 is 15.6 Å². The highest BCUT2D eigenvalue weighted by Crippen LogP contribution is 2.44. The van der Waals surface area contributed by atoms with Crippen molar-refractivity contribution in [2.75, 3.05) is 6.61 Å². The predicted molar refractivity (Wildman–Crippen MR) is 54.3 cm³/mol. The van der Waals surface area contributed by atoms with Crippen LogP contribution in [0.3, 0.4) is 0 Å². The van der Waals surface area contributed by atoms with E-state index in [1.807, 2.05) is 19.9 Å². The number of phenols is 1. The zero-order chi connectivity index (χ0) is 10.3. The first-order valence-electron chi connectivity index (χ1n) is 4.72. The maximum Gasteiger partial charge on any atom is 0.127 e. The van der Waals surface area contributed by atoms with E-state index in [-0.39, 0.29) is 17.2 Å². The molecule has 0 spiro atoms. The highest BCUT2D eigenvalue weighted by molar-refractivity contribution is 5.48. The molecule has 76 valence electrons. The lowest BCUT2D eigenvalue weighted by atomic mass is 9.79. The van der Waals surface area contributed by atoms with E-state index >= 15 is 0 Å². The molecule has 1 atom stereocenters.